The number of hydrogen-bond donors (Lipinski definition) is 1. The highest BCUT2D eigenvalue weighted by Gasteiger charge is 2.36. The van der Waals surface area contributed by atoms with Gasteiger partial charge in [-0.15, -0.1) is 0 Å². The normalized spacial score (nSPS) is 23.6. The molecule has 1 fully saturated rings. The van der Waals surface area contributed by atoms with Crippen LogP contribution in [0, 0.1) is 0 Å². The lowest BCUT2D eigenvalue weighted by atomic mass is 9.82. The minimum absolute atomic E-state index is 0.406. The smallest absolute Gasteiger partial charge is 0.0363 e. The average Bonchev–Trinajstić information content (AvgIpc) is 2.76. The second-order valence-corrected chi connectivity index (χ2v) is 5.90. The summed E-state index contributed by atoms with van der Waals surface area (Å²) in [4.78, 5) is 2.65. The zero-order chi connectivity index (χ0) is 11.9. The zero-order valence-electron chi connectivity index (χ0n) is 10.7. The van der Waals surface area contributed by atoms with E-state index < -0.39 is 0 Å². The molecule has 3 rings (SSSR count). The van der Waals surface area contributed by atoms with Crippen LogP contribution in [0.15, 0.2) is 18.2 Å². The standard InChI is InChI=1S/C15H22N2/c1-15(8-3-2-4-9-15)17-10-12-6-5-7-14(16)13(12)11-17/h5-7H,2-4,8-11,16H2,1H3. The van der Waals surface area contributed by atoms with E-state index in [1.54, 1.807) is 0 Å². The predicted molar refractivity (Wildman–Crippen MR) is 71.6 cm³/mol. The first kappa shape index (κ1) is 11.1. The molecule has 0 unspecified atom stereocenters. The van der Waals surface area contributed by atoms with Crippen LogP contribution in [0.1, 0.15) is 50.2 Å². The van der Waals surface area contributed by atoms with E-state index >= 15 is 0 Å². The SMILES string of the molecule is CC1(N2Cc3cccc(N)c3C2)CCCCC1. The van der Waals surface area contributed by atoms with Gasteiger partial charge in [-0.1, -0.05) is 31.4 Å². The van der Waals surface area contributed by atoms with Crippen molar-refractivity contribution >= 4 is 5.69 Å². The fourth-order valence-corrected chi connectivity index (χ4v) is 3.46. The molecule has 2 aliphatic rings. The first-order valence-electron chi connectivity index (χ1n) is 6.80. The number of anilines is 1. The molecule has 0 spiro atoms. The van der Waals surface area contributed by atoms with E-state index in [0.29, 0.717) is 5.54 Å². The highest BCUT2D eigenvalue weighted by Crippen LogP contribution is 2.39. The summed E-state index contributed by atoms with van der Waals surface area (Å²) in [5.74, 6) is 0. The van der Waals surface area contributed by atoms with Crippen molar-refractivity contribution in [1.82, 2.24) is 4.90 Å². The summed E-state index contributed by atoms with van der Waals surface area (Å²) < 4.78 is 0. The average molecular weight is 230 g/mol. The molecule has 1 aromatic rings. The topological polar surface area (TPSA) is 29.3 Å². The van der Waals surface area contributed by atoms with Crippen LogP contribution in [-0.2, 0) is 13.1 Å². The highest BCUT2D eigenvalue weighted by atomic mass is 15.2. The summed E-state index contributed by atoms with van der Waals surface area (Å²) in [6.45, 7) is 4.59. The number of nitrogen functional groups attached to an aromatic ring is 1. The molecular formula is C15H22N2. The van der Waals surface area contributed by atoms with Gasteiger partial charge >= 0.3 is 0 Å². The van der Waals surface area contributed by atoms with Gasteiger partial charge in [0.05, 0.1) is 0 Å². The molecule has 2 heteroatoms. The van der Waals surface area contributed by atoms with E-state index in [1.807, 2.05) is 6.07 Å². The molecule has 1 aliphatic carbocycles. The van der Waals surface area contributed by atoms with Crippen LogP contribution >= 0.6 is 0 Å². The number of fused-ring (bicyclic) bond motifs is 1. The molecular weight excluding hydrogens is 208 g/mol. The number of nitrogens with zero attached hydrogens (tertiary/aromatic N) is 1. The lowest BCUT2D eigenvalue weighted by molar-refractivity contribution is 0.0632. The molecule has 1 heterocycles. The summed E-state index contributed by atoms with van der Waals surface area (Å²) in [5, 5.41) is 0. The van der Waals surface area contributed by atoms with Gasteiger partial charge in [-0.25, -0.2) is 0 Å². The first-order chi connectivity index (χ1) is 8.19. The van der Waals surface area contributed by atoms with Crippen LogP contribution in [0.4, 0.5) is 5.69 Å². The van der Waals surface area contributed by atoms with Crippen LogP contribution in [0.5, 0.6) is 0 Å². The van der Waals surface area contributed by atoms with E-state index in [-0.39, 0.29) is 0 Å². The molecule has 17 heavy (non-hydrogen) atoms. The monoisotopic (exact) mass is 230 g/mol. The van der Waals surface area contributed by atoms with Crippen molar-refractivity contribution in [3.05, 3.63) is 29.3 Å². The quantitative estimate of drug-likeness (QED) is 0.750. The van der Waals surface area contributed by atoms with Gasteiger partial charge in [-0.05, 0) is 37.0 Å². The molecule has 1 aliphatic heterocycles. The van der Waals surface area contributed by atoms with Crippen molar-refractivity contribution in [2.75, 3.05) is 5.73 Å². The highest BCUT2D eigenvalue weighted by molar-refractivity contribution is 5.52. The van der Waals surface area contributed by atoms with Crippen molar-refractivity contribution in [2.24, 2.45) is 0 Å². The van der Waals surface area contributed by atoms with E-state index in [4.69, 9.17) is 5.73 Å². The molecule has 92 valence electrons. The summed E-state index contributed by atoms with van der Waals surface area (Å²) >= 11 is 0. The zero-order valence-corrected chi connectivity index (χ0v) is 10.7. The molecule has 2 N–H and O–H groups in total. The van der Waals surface area contributed by atoms with Crippen molar-refractivity contribution < 1.29 is 0 Å². The van der Waals surface area contributed by atoms with E-state index in [2.05, 4.69) is 24.0 Å². The van der Waals surface area contributed by atoms with E-state index in [9.17, 15) is 0 Å². The van der Waals surface area contributed by atoms with Gasteiger partial charge in [0.25, 0.3) is 0 Å². The Balaban J connectivity index is 1.83. The van der Waals surface area contributed by atoms with Gasteiger partial charge in [0, 0.05) is 24.3 Å². The Morgan fingerprint density at radius 2 is 1.88 bits per heavy atom. The van der Waals surface area contributed by atoms with Gasteiger partial charge in [0.1, 0.15) is 0 Å². The van der Waals surface area contributed by atoms with Crippen molar-refractivity contribution in [3.8, 4) is 0 Å². The van der Waals surface area contributed by atoms with Crippen LogP contribution in [0.25, 0.3) is 0 Å². The van der Waals surface area contributed by atoms with Crippen molar-refractivity contribution in [3.63, 3.8) is 0 Å². The molecule has 0 atom stereocenters. The third-order valence-electron chi connectivity index (χ3n) is 4.71. The van der Waals surface area contributed by atoms with Gasteiger partial charge in [0.15, 0.2) is 0 Å². The summed E-state index contributed by atoms with van der Waals surface area (Å²) in [5.41, 5.74) is 10.3. The molecule has 1 aromatic carbocycles. The lowest BCUT2D eigenvalue weighted by Gasteiger charge is -2.42. The fraction of sp³-hybridized carbons (Fsp3) is 0.600. The Kier molecular flexibility index (Phi) is 2.62. The summed E-state index contributed by atoms with van der Waals surface area (Å²) in [7, 11) is 0. The second-order valence-electron chi connectivity index (χ2n) is 5.90. The Bertz CT molecular complexity index is 419. The van der Waals surface area contributed by atoms with Crippen LogP contribution in [-0.4, -0.2) is 10.4 Å². The number of rotatable bonds is 1. The fourth-order valence-electron chi connectivity index (χ4n) is 3.46. The van der Waals surface area contributed by atoms with Gasteiger partial charge < -0.3 is 5.73 Å². The van der Waals surface area contributed by atoms with Crippen LogP contribution in [0.3, 0.4) is 0 Å². The second kappa shape index (κ2) is 4.02. The minimum atomic E-state index is 0.406. The molecule has 0 aromatic heterocycles. The van der Waals surface area contributed by atoms with Gasteiger partial charge in [0.2, 0.25) is 0 Å². The number of benzene rings is 1. The molecule has 1 saturated carbocycles. The number of nitrogens with two attached hydrogens (primary N) is 1. The lowest BCUT2D eigenvalue weighted by Crippen LogP contribution is -2.44. The minimum Gasteiger partial charge on any atom is -0.398 e. The largest absolute Gasteiger partial charge is 0.398 e. The van der Waals surface area contributed by atoms with E-state index in [1.165, 1.54) is 43.2 Å². The Morgan fingerprint density at radius 1 is 1.12 bits per heavy atom. The predicted octanol–water partition coefficient (Wildman–Crippen LogP) is 3.31. The third kappa shape index (κ3) is 1.85. The summed E-state index contributed by atoms with van der Waals surface area (Å²) in [6, 6.07) is 6.35. The maximum Gasteiger partial charge on any atom is 0.0363 e. The Morgan fingerprint density at radius 3 is 2.59 bits per heavy atom. The van der Waals surface area contributed by atoms with Crippen LogP contribution < -0.4 is 5.73 Å². The van der Waals surface area contributed by atoms with Gasteiger partial charge in [-0.3, -0.25) is 4.90 Å². The van der Waals surface area contributed by atoms with E-state index in [0.717, 1.165) is 18.8 Å². The molecule has 0 saturated heterocycles. The molecule has 0 radical (unpaired) electrons. The molecule has 2 nitrogen and oxygen atoms in total. The maximum atomic E-state index is 6.08. The number of hydrogen-bond acceptors (Lipinski definition) is 2. The maximum absolute atomic E-state index is 6.08. The third-order valence-corrected chi connectivity index (χ3v) is 4.71. The van der Waals surface area contributed by atoms with Crippen molar-refractivity contribution in [2.45, 2.75) is 57.7 Å². The molecule has 0 amide bonds. The van der Waals surface area contributed by atoms with Crippen molar-refractivity contribution in [1.29, 1.82) is 0 Å². The van der Waals surface area contributed by atoms with Crippen LogP contribution in [0.2, 0.25) is 0 Å². The molecule has 0 bridgehead atoms. The van der Waals surface area contributed by atoms with Gasteiger partial charge in [-0.2, -0.15) is 0 Å². The Hall–Kier alpha value is -1.02. The first-order valence-corrected chi connectivity index (χ1v) is 6.80. The Labute approximate surface area is 104 Å². The summed E-state index contributed by atoms with van der Waals surface area (Å²) in [6.07, 6.45) is 6.89.